The van der Waals surface area contributed by atoms with Crippen LogP contribution in [0.15, 0.2) is 18.2 Å². The number of anilines is 1. The molecule has 0 atom stereocenters. The summed E-state index contributed by atoms with van der Waals surface area (Å²) < 4.78 is 13.6. The third-order valence-electron chi connectivity index (χ3n) is 2.49. The summed E-state index contributed by atoms with van der Waals surface area (Å²) in [6.07, 6.45) is 0. The van der Waals surface area contributed by atoms with E-state index in [9.17, 15) is 18.8 Å². The van der Waals surface area contributed by atoms with E-state index in [1.54, 1.807) is 6.92 Å². The van der Waals surface area contributed by atoms with Gasteiger partial charge in [-0.15, -0.1) is 0 Å². The Labute approximate surface area is 114 Å². The number of carboxylic acids is 1. The molecule has 0 radical (unpaired) electrons. The molecule has 7 nitrogen and oxygen atoms in total. The molecule has 0 aromatic heterocycles. The molecule has 0 saturated heterocycles. The minimum Gasteiger partial charge on any atom is -0.478 e. The normalized spacial score (nSPS) is 9.90. The van der Waals surface area contributed by atoms with Crippen molar-refractivity contribution in [2.75, 3.05) is 18.4 Å². The summed E-state index contributed by atoms with van der Waals surface area (Å²) in [6, 6.07) is 2.59. The molecule has 4 N–H and O–H groups in total. The van der Waals surface area contributed by atoms with Gasteiger partial charge < -0.3 is 21.1 Å². The lowest BCUT2D eigenvalue weighted by molar-refractivity contribution is -0.118. The lowest BCUT2D eigenvalue weighted by Gasteiger charge is -2.20. The average Bonchev–Trinajstić information content (AvgIpc) is 2.37. The zero-order chi connectivity index (χ0) is 15.3. The third kappa shape index (κ3) is 3.67. The van der Waals surface area contributed by atoms with E-state index < -0.39 is 29.4 Å². The molecule has 0 saturated carbocycles. The van der Waals surface area contributed by atoms with Crippen LogP contribution in [0, 0.1) is 5.82 Å². The number of hydrogen-bond acceptors (Lipinski definition) is 3. The summed E-state index contributed by atoms with van der Waals surface area (Å²) in [5.74, 6) is -2.99. The number of halogens is 1. The number of aromatic carboxylic acids is 1. The number of carbonyl (C=O) groups is 3. The van der Waals surface area contributed by atoms with Crippen LogP contribution in [0.5, 0.6) is 0 Å². The van der Waals surface area contributed by atoms with Crippen molar-refractivity contribution in [3.05, 3.63) is 29.6 Å². The van der Waals surface area contributed by atoms with Gasteiger partial charge in [-0.2, -0.15) is 0 Å². The SMILES string of the molecule is CCN(CC(N)=O)C(=O)Nc1c(F)cccc1C(=O)O. The second kappa shape index (κ2) is 6.50. The Morgan fingerprint density at radius 2 is 2.05 bits per heavy atom. The largest absolute Gasteiger partial charge is 0.478 e. The highest BCUT2D eigenvalue weighted by atomic mass is 19.1. The number of carbonyl (C=O) groups excluding carboxylic acids is 2. The summed E-state index contributed by atoms with van der Waals surface area (Å²) in [7, 11) is 0. The van der Waals surface area contributed by atoms with Crippen LogP contribution in [-0.4, -0.2) is 41.0 Å². The summed E-state index contributed by atoms with van der Waals surface area (Å²) in [6.45, 7) is 1.41. The topological polar surface area (TPSA) is 113 Å². The number of likely N-dealkylation sites (N-methyl/N-ethyl adjacent to an activating group) is 1. The van der Waals surface area contributed by atoms with Gasteiger partial charge in [0.25, 0.3) is 0 Å². The Kier molecular flexibility index (Phi) is 5.01. The van der Waals surface area contributed by atoms with Crippen molar-refractivity contribution in [3.8, 4) is 0 Å². The second-order valence-corrected chi connectivity index (χ2v) is 3.88. The monoisotopic (exact) mass is 283 g/mol. The van der Waals surface area contributed by atoms with E-state index in [4.69, 9.17) is 10.8 Å². The summed E-state index contributed by atoms with van der Waals surface area (Å²) in [5.41, 5.74) is 4.15. The Hall–Kier alpha value is -2.64. The maximum Gasteiger partial charge on any atom is 0.337 e. The van der Waals surface area contributed by atoms with Gasteiger partial charge in [0, 0.05) is 6.54 Å². The van der Waals surface area contributed by atoms with Crippen molar-refractivity contribution in [2.45, 2.75) is 6.92 Å². The van der Waals surface area contributed by atoms with Gasteiger partial charge in [-0.05, 0) is 19.1 Å². The molecule has 0 bridgehead atoms. The van der Waals surface area contributed by atoms with Crippen molar-refractivity contribution < 1.29 is 23.9 Å². The number of primary amides is 1. The van der Waals surface area contributed by atoms with Crippen molar-refractivity contribution in [2.24, 2.45) is 5.73 Å². The number of carboxylic acid groups (broad SMARTS) is 1. The second-order valence-electron chi connectivity index (χ2n) is 3.88. The predicted octanol–water partition coefficient (Wildman–Crippen LogP) is 0.863. The number of amides is 3. The summed E-state index contributed by atoms with van der Waals surface area (Å²) in [4.78, 5) is 34.6. The van der Waals surface area contributed by atoms with E-state index in [1.165, 1.54) is 6.07 Å². The number of rotatable bonds is 5. The molecule has 0 heterocycles. The van der Waals surface area contributed by atoms with Crippen LogP contribution < -0.4 is 11.1 Å². The van der Waals surface area contributed by atoms with Crippen molar-refractivity contribution in [3.63, 3.8) is 0 Å². The van der Waals surface area contributed by atoms with Crippen molar-refractivity contribution in [1.29, 1.82) is 0 Å². The number of nitrogens with zero attached hydrogens (tertiary/aromatic N) is 1. The number of hydrogen-bond donors (Lipinski definition) is 3. The van der Waals surface area contributed by atoms with Crippen LogP contribution in [0.4, 0.5) is 14.9 Å². The van der Waals surface area contributed by atoms with E-state index in [2.05, 4.69) is 5.32 Å². The zero-order valence-corrected chi connectivity index (χ0v) is 10.7. The number of benzene rings is 1. The van der Waals surface area contributed by atoms with Gasteiger partial charge in [0.2, 0.25) is 5.91 Å². The predicted molar refractivity (Wildman–Crippen MR) is 68.8 cm³/mol. The number of urea groups is 1. The molecule has 20 heavy (non-hydrogen) atoms. The standard InChI is InChI=1S/C12H14FN3O4/c1-2-16(6-9(14)17)12(20)15-10-7(11(18)19)4-3-5-8(10)13/h3-5H,2,6H2,1H3,(H2,14,17)(H,15,20)(H,18,19). The Balaban J connectivity index is 3.00. The van der Waals surface area contributed by atoms with Crippen molar-refractivity contribution >= 4 is 23.6 Å². The first kappa shape index (κ1) is 15.4. The molecule has 8 heteroatoms. The van der Waals surface area contributed by atoms with Crippen LogP contribution >= 0.6 is 0 Å². The molecule has 0 aliphatic heterocycles. The third-order valence-corrected chi connectivity index (χ3v) is 2.49. The van der Waals surface area contributed by atoms with E-state index >= 15 is 0 Å². The fourth-order valence-electron chi connectivity index (χ4n) is 1.53. The lowest BCUT2D eigenvalue weighted by Crippen LogP contribution is -2.41. The van der Waals surface area contributed by atoms with E-state index in [-0.39, 0.29) is 18.7 Å². The highest BCUT2D eigenvalue weighted by Crippen LogP contribution is 2.20. The molecule has 1 aromatic rings. The molecule has 0 aliphatic rings. The summed E-state index contributed by atoms with van der Waals surface area (Å²) in [5, 5.41) is 11.1. The van der Waals surface area contributed by atoms with Gasteiger partial charge in [0.1, 0.15) is 12.4 Å². The van der Waals surface area contributed by atoms with Crippen LogP contribution in [0.2, 0.25) is 0 Å². The van der Waals surface area contributed by atoms with Crippen LogP contribution in [-0.2, 0) is 4.79 Å². The molecule has 0 aliphatic carbocycles. The van der Waals surface area contributed by atoms with E-state index in [1.807, 2.05) is 0 Å². The summed E-state index contributed by atoms with van der Waals surface area (Å²) >= 11 is 0. The Morgan fingerprint density at radius 3 is 2.55 bits per heavy atom. The number of para-hydroxylation sites is 1. The molecule has 3 amide bonds. The van der Waals surface area contributed by atoms with Crippen LogP contribution in [0.1, 0.15) is 17.3 Å². The lowest BCUT2D eigenvalue weighted by atomic mass is 10.1. The molecule has 1 rings (SSSR count). The fourth-order valence-corrected chi connectivity index (χ4v) is 1.53. The van der Waals surface area contributed by atoms with Crippen molar-refractivity contribution in [1.82, 2.24) is 4.90 Å². The van der Waals surface area contributed by atoms with Gasteiger partial charge in [-0.25, -0.2) is 14.0 Å². The first-order chi connectivity index (χ1) is 9.36. The highest BCUT2D eigenvalue weighted by Gasteiger charge is 2.20. The molecule has 0 unspecified atom stereocenters. The van der Waals surface area contributed by atoms with Crippen LogP contribution in [0.3, 0.4) is 0 Å². The molecule has 0 fully saturated rings. The molecule has 108 valence electrons. The van der Waals surface area contributed by atoms with Crippen LogP contribution in [0.25, 0.3) is 0 Å². The van der Waals surface area contributed by atoms with Gasteiger partial charge in [-0.3, -0.25) is 4.79 Å². The van der Waals surface area contributed by atoms with E-state index in [0.717, 1.165) is 17.0 Å². The van der Waals surface area contributed by atoms with Gasteiger partial charge in [0.15, 0.2) is 0 Å². The molecular formula is C12H14FN3O4. The minimum atomic E-state index is -1.38. The number of nitrogens with two attached hydrogens (primary N) is 1. The number of nitrogens with one attached hydrogen (secondary N) is 1. The maximum atomic E-state index is 13.6. The maximum absolute atomic E-state index is 13.6. The van der Waals surface area contributed by atoms with Gasteiger partial charge in [0.05, 0.1) is 11.3 Å². The average molecular weight is 283 g/mol. The Morgan fingerprint density at radius 1 is 1.40 bits per heavy atom. The molecule has 0 spiro atoms. The first-order valence-electron chi connectivity index (χ1n) is 5.72. The minimum absolute atomic E-state index is 0.158. The first-order valence-corrected chi connectivity index (χ1v) is 5.72. The van der Waals surface area contributed by atoms with Gasteiger partial charge >= 0.3 is 12.0 Å². The zero-order valence-electron chi connectivity index (χ0n) is 10.7. The molecule has 1 aromatic carbocycles. The van der Waals surface area contributed by atoms with E-state index in [0.29, 0.717) is 0 Å². The fraction of sp³-hybridized carbons (Fsp3) is 0.250. The molecular weight excluding hydrogens is 269 g/mol. The smallest absolute Gasteiger partial charge is 0.337 e. The quantitative estimate of drug-likeness (QED) is 0.743. The van der Waals surface area contributed by atoms with Gasteiger partial charge in [-0.1, -0.05) is 6.07 Å². The highest BCUT2D eigenvalue weighted by molar-refractivity contribution is 6.00. The Bertz CT molecular complexity index is 548.